The highest BCUT2D eigenvalue weighted by Gasteiger charge is 2.21. The van der Waals surface area contributed by atoms with Crippen LogP contribution in [0.3, 0.4) is 0 Å². The van der Waals surface area contributed by atoms with Crippen LogP contribution in [0.25, 0.3) is 87.3 Å². The van der Waals surface area contributed by atoms with Crippen molar-refractivity contribution < 1.29 is 25.0 Å². The van der Waals surface area contributed by atoms with E-state index in [0.717, 1.165) is 26.9 Å². The summed E-state index contributed by atoms with van der Waals surface area (Å²) in [7, 11) is 0. The van der Waals surface area contributed by atoms with Crippen molar-refractivity contribution in [3.8, 4) is 22.3 Å². The van der Waals surface area contributed by atoms with E-state index >= 15 is 0 Å². The van der Waals surface area contributed by atoms with Gasteiger partial charge < -0.3 is 9.32 Å². The molecule has 0 unspecified atom stereocenters. The van der Waals surface area contributed by atoms with Crippen LogP contribution in [-0.4, -0.2) is 0 Å². The number of rotatable bonds is 5. The zero-order chi connectivity index (χ0) is 48.6. The van der Waals surface area contributed by atoms with Crippen LogP contribution in [0, 0.1) is 0 Å². The Morgan fingerprint density at radius 2 is 1.07 bits per heavy atom. The van der Waals surface area contributed by atoms with E-state index in [1.165, 1.54) is 4.90 Å². The third-order valence-electron chi connectivity index (χ3n) is 9.81. The Kier molecular flexibility index (Phi) is 4.32. The molecule has 0 bridgehead atoms. The summed E-state index contributed by atoms with van der Waals surface area (Å²) in [5.74, 6) is 0. The largest absolute Gasteiger partial charge is 0.455 e. The second-order valence-electron chi connectivity index (χ2n) is 12.9. The maximum Gasteiger partial charge on any atom is 0.143 e. The van der Waals surface area contributed by atoms with E-state index in [1.54, 1.807) is 18.2 Å². The SMILES string of the molecule is [2H]c1c([2H])c(N(c2c([2H])c([2H])c(-c3cc4ccccc4c4ccccc34)c([2H])c2[2H])c2cccc3oc4c5ccccc5ccc4c23)c([2H])c([2H])c1-c1c([2H])c([2H])c2c([2H])c([2H])c([2H])c([2H])c2c1[2H]. The Bertz CT molecular complexity index is 4050. The normalized spacial score (nSPS) is 15.6. The van der Waals surface area contributed by atoms with Crippen LogP contribution in [0.1, 0.15) is 20.6 Å². The zero-order valence-electron chi connectivity index (χ0n) is 43.2. The molecule has 0 fully saturated rings. The lowest BCUT2D eigenvalue weighted by Gasteiger charge is -2.27. The number of furan rings is 1. The van der Waals surface area contributed by atoms with Crippen molar-refractivity contribution in [1.82, 2.24) is 0 Å². The van der Waals surface area contributed by atoms with Gasteiger partial charge in [-0.25, -0.2) is 0 Å². The van der Waals surface area contributed by atoms with Crippen LogP contribution >= 0.6 is 0 Å². The van der Waals surface area contributed by atoms with Crippen molar-refractivity contribution in [1.29, 1.82) is 0 Å². The van der Waals surface area contributed by atoms with Gasteiger partial charge in [0.2, 0.25) is 0 Å². The van der Waals surface area contributed by atoms with Crippen LogP contribution in [-0.2, 0) is 0 Å². The number of anilines is 3. The maximum atomic E-state index is 9.81. The molecular formula is C52H33NO. The van der Waals surface area contributed by atoms with E-state index in [-0.39, 0.29) is 11.3 Å². The molecular weight excluding hydrogens is 655 g/mol. The lowest BCUT2D eigenvalue weighted by Crippen LogP contribution is -2.10. The van der Waals surface area contributed by atoms with Crippen LogP contribution in [0.15, 0.2) is 204 Å². The average molecular weight is 703 g/mol. The molecule has 0 spiro atoms. The molecule has 2 heteroatoms. The molecule has 11 aromatic rings. The second-order valence-corrected chi connectivity index (χ2v) is 12.9. The highest BCUT2D eigenvalue weighted by atomic mass is 16.3. The molecule has 1 heterocycles. The van der Waals surface area contributed by atoms with Crippen molar-refractivity contribution in [2.75, 3.05) is 4.90 Å². The van der Waals surface area contributed by atoms with Crippen LogP contribution < -0.4 is 4.90 Å². The van der Waals surface area contributed by atoms with Gasteiger partial charge in [0.25, 0.3) is 0 Å². The molecule has 54 heavy (non-hydrogen) atoms. The van der Waals surface area contributed by atoms with E-state index in [2.05, 4.69) is 0 Å². The molecule has 1 aromatic heterocycles. The van der Waals surface area contributed by atoms with Gasteiger partial charge in [0.1, 0.15) is 11.2 Å². The molecule has 2 nitrogen and oxygen atoms in total. The van der Waals surface area contributed by atoms with Crippen LogP contribution in [0.5, 0.6) is 0 Å². The van der Waals surface area contributed by atoms with Crippen LogP contribution in [0.4, 0.5) is 17.1 Å². The predicted molar refractivity (Wildman–Crippen MR) is 229 cm³/mol. The summed E-state index contributed by atoms with van der Waals surface area (Å²) in [5, 5.41) is 4.99. The van der Waals surface area contributed by atoms with Gasteiger partial charge in [-0.3, -0.25) is 0 Å². The highest BCUT2D eigenvalue weighted by Crippen LogP contribution is 2.45. The van der Waals surface area contributed by atoms with Gasteiger partial charge in [-0.05, 0) is 114 Å². The average Bonchev–Trinajstić information content (AvgIpc) is 3.75. The zero-order valence-corrected chi connectivity index (χ0v) is 28.2. The number of hydrogen-bond donors (Lipinski definition) is 0. The first kappa shape index (κ1) is 19.1. The third kappa shape index (κ3) is 4.88. The van der Waals surface area contributed by atoms with Gasteiger partial charge in [0.15, 0.2) is 0 Å². The molecule has 10 aromatic carbocycles. The Balaban J connectivity index is 1.25. The van der Waals surface area contributed by atoms with Crippen molar-refractivity contribution in [3.63, 3.8) is 0 Å². The summed E-state index contributed by atoms with van der Waals surface area (Å²) < 4.78 is 145. The first-order valence-corrected chi connectivity index (χ1v) is 17.3. The van der Waals surface area contributed by atoms with Crippen molar-refractivity contribution >= 4 is 82.1 Å². The van der Waals surface area contributed by atoms with Crippen molar-refractivity contribution in [3.05, 3.63) is 200 Å². The van der Waals surface area contributed by atoms with Gasteiger partial charge in [0.05, 0.1) is 31.6 Å². The summed E-state index contributed by atoms with van der Waals surface area (Å²) in [5.41, 5.74) is -0.717. The van der Waals surface area contributed by atoms with Crippen molar-refractivity contribution in [2.24, 2.45) is 0 Å². The summed E-state index contributed by atoms with van der Waals surface area (Å²) >= 11 is 0. The maximum absolute atomic E-state index is 9.81. The van der Waals surface area contributed by atoms with E-state index in [0.29, 0.717) is 32.9 Å². The Hall–Kier alpha value is -7.16. The summed E-state index contributed by atoms with van der Waals surface area (Å²) in [6, 6.07) is 23.1. The van der Waals surface area contributed by atoms with Gasteiger partial charge in [0, 0.05) is 22.1 Å². The minimum absolute atomic E-state index is 0.00424. The standard InChI is InChI=1S/C52H33NO/c1-2-12-38-32-39(21-20-34(38)10-1)35-22-27-41(28-23-35)53(49-18-9-19-50-51(49)47-31-26-36-11-3-6-15-44(36)52(47)54-50)42-29-24-37(25-30-42)48-33-40-13-4-5-14-43(40)45-16-7-8-17-46(45)48/h1-33H/i1D,2D,10D,12D,20D,21D,22D,23D,24D,25D,27D,28D,29D,30D,32D. The number of hydrogen-bond acceptors (Lipinski definition) is 2. The fourth-order valence-electron chi connectivity index (χ4n) is 7.34. The lowest BCUT2D eigenvalue weighted by atomic mass is 9.93. The van der Waals surface area contributed by atoms with Crippen LogP contribution in [0.2, 0.25) is 0 Å². The topological polar surface area (TPSA) is 16.4 Å². The summed E-state index contributed by atoms with van der Waals surface area (Å²) in [6.07, 6.45) is 0. The predicted octanol–water partition coefficient (Wildman–Crippen LogP) is 15.0. The Morgan fingerprint density at radius 3 is 1.87 bits per heavy atom. The van der Waals surface area contributed by atoms with Gasteiger partial charge >= 0.3 is 0 Å². The number of nitrogens with zero attached hydrogens (tertiary/aromatic N) is 1. The fraction of sp³-hybridized carbons (Fsp3) is 0. The molecule has 0 amide bonds. The highest BCUT2D eigenvalue weighted by molar-refractivity contribution is 6.20. The second kappa shape index (κ2) is 12.2. The molecule has 0 aliphatic rings. The van der Waals surface area contributed by atoms with E-state index in [9.17, 15) is 12.3 Å². The molecule has 0 saturated heterocycles. The van der Waals surface area contributed by atoms with Gasteiger partial charge in [-0.1, -0.05) is 145 Å². The van der Waals surface area contributed by atoms with Crippen molar-refractivity contribution in [2.45, 2.75) is 0 Å². The van der Waals surface area contributed by atoms with Gasteiger partial charge in [-0.2, -0.15) is 0 Å². The van der Waals surface area contributed by atoms with E-state index < -0.39 is 124 Å². The monoisotopic (exact) mass is 702 g/mol. The first-order chi connectivity index (χ1) is 33.0. The number of benzene rings is 10. The Labute approximate surface area is 333 Å². The van der Waals surface area contributed by atoms with Gasteiger partial charge in [-0.15, -0.1) is 0 Å². The number of fused-ring (bicyclic) bond motifs is 9. The quantitative estimate of drug-likeness (QED) is 0.166. The smallest absolute Gasteiger partial charge is 0.143 e. The molecule has 0 saturated carbocycles. The van der Waals surface area contributed by atoms with E-state index in [4.69, 9.17) is 12.6 Å². The first-order valence-electron chi connectivity index (χ1n) is 24.8. The fourth-order valence-corrected chi connectivity index (χ4v) is 7.34. The van der Waals surface area contributed by atoms with E-state index in [1.807, 2.05) is 91.0 Å². The molecule has 0 N–H and O–H groups in total. The Morgan fingerprint density at radius 1 is 0.426 bits per heavy atom. The molecule has 0 aliphatic heterocycles. The lowest BCUT2D eigenvalue weighted by molar-refractivity contribution is 0.672. The minimum atomic E-state index is -0.803. The molecule has 11 rings (SSSR count). The molecule has 252 valence electrons. The molecule has 0 radical (unpaired) electrons. The minimum Gasteiger partial charge on any atom is -0.455 e. The molecule has 0 atom stereocenters. The molecule has 0 aliphatic carbocycles. The summed E-state index contributed by atoms with van der Waals surface area (Å²) in [4.78, 5) is 1.18. The summed E-state index contributed by atoms with van der Waals surface area (Å²) in [6.45, 7) is 0. The third-order valence-corrected chi connectivity index (χ3v) is 9.81.